The third kappa shape index (κ3) is 8.57. The Hall–Kier alpha value is -2.48. The van der Waals surface area contributed by atoms with Crippen LogP contribution in [0.4, 0.5) is 0 Å². The van der Waals surface area contributed by atoms with Gasteiger partial charge in [-0.3, -0.25) is 14.4 Å². The average molecular weight is 489 g/mol. The number of benzene rings is 1. The molecule has 5 unspecified atom stereocenters. The van der Waals surface area contributed by atoms with Crippen molar-refractivity contribution in [2.24, 2.45) is 5.73 Å². The number of aliphatic carboxylic acids is 1. The first-order chi connectivity index (χ1) is 15.0. The Balaban J connectivity index is 3.06. The van der Waals surface area contributed by atoms with Crippen LogP contribution in [0.1, 0.15) is 12.5 Å². The highest BCUT2D eigenvalue weighted by Crippen LogP contribution is 2.12. The lowest BCUT2D eigenvalue weighted by Gasteiger charge is -2.25. The Morgan fingerprint density at radius 1 is 0.938 bits per heavy atom. The van der Waals surface area contributed by atoms with Crippen molar-refractivity contribution in [3.05, 3.63) is 29.8 Å². The van der Waals surface area contributed by atoms with Gasteiger partial charge in [0.15, 0.2) is 6.04 Å². The van der Waals surface area contributed by atoms with Gasteiger partial charge in [-0.25, -0.2) is 4.79 Å². The molecule has 5 atom stereocenters. The molecule has 0 radical (unpaired) electrons. The van der Waals surface area contributed by atoms with Gasteiger partial charge < -0.3 is 37.0 Å². The molecule has 13 heteroatoms. The number of aromatic hydroxyl groups is 1. The van der Waals surface area contributed by atoms with Gasteiger partial charge in [0.25, 0.3) is 0 Å². The maximum atomic E-state index is 12.8. The summed E-state index contributed by atoms with van der Waals surface area (Å²) < 4.78 is 0. The molecule has 11 nitrogen and oxygen atoms in total. The highest BCUT2D eigenvalue weighted by molar-refractivity contribution is 7.80. The Bertz CT molecular complexity index is 807. The van der Waals surface area contributed by atoms with Crippen LogP contribution in [0.15, 0.2) is 24.3 Å². The number of carbonyl (C=O) groups excluding carboxylic acids is 3. The molecule has 0 fully saturated rings. The number of phenols is 1. The SMILES string of the molecule is CC(O)C(NC(=O)C(Cc1ccc(O)cc1)NC(=O)C(CS)NC(=O)C(N)CS)C(=O)O. The molecular weight excluding hydrogens is 460 g/mol. The molecule has 0 saturated heterocycles. The van der Waals surface area contributed by atoms with E-state index >= 15 is 0 Å². The summed E-state index contributed by atoms with van der Waals surface area (Å²) in [5.74, 6) is -3.75. The van der Waals surface area contributed by atoms with Crippen molar-refractivity contribution in [2.75, 3.05) is 11.5 Å². The molecule has 8 N–H and O–H groups in total. The first-order valence-corrected chi connectivity index (χ1v) is 10.8. The Kier molecular flexibility index (Phi) is 11.3. The van der Waals surface area contributed by atoms with E-state index in [1.54, 1.807) is 0 Å². The first-order valence-electron chi connectivity index (χ1n) is 9.57. The number of hydrogen-bond donors (Lipinski definition) is 9. The van der Waals surface area contributed by atoms with Crippen LogP contribution in [0.5, 0.6) is 5.75 Å². The van der Waals surface area contributed by atoms with Gasteiger partial charge in [0.05, 0.1) is 12.1 Å². The molecule has 1 aromatic carbocycles. The maximum Gasteiger partial charge on any atom is 0.328 e. The third-order valence-electron chi connectivity index (χ3n) is 4.40. The number of rotatable bonds is 12. The number of amides is 3. The van der Waals surface area contributed by atoms with Gasteiger partial charge in [0, 0.05) is 17.9 Å². The molecule has 1 aromatic rings. The highest BCUT2D eigenvalue weighted by atomic mass is 32.1. The van der Waals surface area contributed by atoms with Crippen LogP contribution >= 0.6 is 25.3 Å². The lowest BCUT2D eigenvalue weighted by molar-refractivity contribution is -0.145. The number of aliphatic hydroxyl groups excluding tert-OH is 1. The van der Waals surface area contributed by atoms with Gasteiger partial charge in [-0.1, -0.05) is 12.1 Å². The normalized spacial score (nSPS) is 15.5. The zero-order chi connectivity index (χ0) is 24.4. The lowest BCUT2D eigenvalue weighted by atomic mass is 10.0. The fourth-order valence-corrected chi connectivity index (χ4v) is 2.97. The average Bonchev–Trinajstić information content (AvgIpc) is 2.75. The van der Waals surface area contributed by atoms with Gasteiger partial charge >= 0.3 is 5.97 Å². The molecule has 0 aliphatic heterocycles. The topological polar surface area (TPSA) is 191 Å². The number of nitrogens with one attached hydrogen (secondary N) is 3. The van der Waals surface area contributed by atoms with E-state index in [1.165, 1.54) is 31.2 Å². The summed E-state index contributed by atoms with van der Waals surface area (Å²) in [6.07, 6.45) is -1.46. The van der Waals surface area contributed by atoms with Crippen LogP contribution in [0, 0.1) is 0 Å². The van der Waals surface area contributed by atoms with Crippen molar-refractivity contribution < 1.29 is 34.5 Å². The van der Waals surface area contributed by atoms with Crippen molar-refractivity contribution in [3.8, 4) is 5.75 Å². The molecular formula is C19H28N4O7S2. The Morgan fingerprint density at radius 2 is 1.47 bits per heavy atom. The molecule has 0 saturated carbocycles. The van der Waals surface area contributed by atoms with Gasteiger partial charge in [-0.15, -0.1) is 0 Å². The summed E-state index contributed by atoms with van der Waals surface area (Å²) in [4.78, 5) is 48.8. The molecule has 0 bridgehead atoms. The van der Waals surface area contributed by atoms with Crippen LogP contribution in [-0.4, -0.2) is 80.8 Å². The van der Waals surface area contributed by atoms with Crippen LogP contribution in [0.25, 0.3) is 0 Å². The number of nitrogens with two attached hydrogens (primary N) is 1. The lowest BCUT2D eigenvalue weighted by Crippen LogP contribution is -2.59. The minimum absolute atomic E-state index is 0.00258. The smallest absolute Gasteiger partial charge is 0.328 e. The number of carboxylic acid groups (broad SMARTS) is 1. The predicted octanol–water partition coefficient (Wildman–Crippen LogP) is -1.96. The van der Waals surface area contributed by atoms with Gasteiger partial charge in [0.2, 0.25) is 17.7 Å². The second-order valence-electron chi connectivity index (χ2n) is 7.03. The molecule has 178 valence electrons. The molecule has 0 aliphatic carbocycles. The molecule has 0 heterocycles. The van der Waals surface area contributed by atoms with Crippen molar-refractivity contribution in [1.29, 1.82) is 0 Å². The summed E-state index contributed by atoms with van der Waals surface area (Å²) in [5, 5.41) is 35.3. The summed E-state index contributed by atoms with van der Waals surface area (Å²) >= 11 is 7.97. The van der Waals surface area contributed by atoms with E-state index in [0.29, 0.717) is 5.56 Å². The largest absolute Gasteiger partial charge is 0.508 e. The van der Waals surface area contributed by atoms with Crippen molar-refractivity contribution in [1.82, 2.24) is 16.0 Å². The van der Waals surface area contributed by atoms with Crippen LogP contribution in [0.3, 0.4) is 0 Å². The molecule has 32 heavy (non-hydrogen) atoms. The molecule has 0 aliphatic rings. The maximum absolute atomic E-state index is 12.8. The zero-order valence-corrected chi connectivity index (χ0v) is 19.1. The van der Waals surface area contributed by atoms with Gasteiger partial charge in [-0.2, -0.15) is 25.3 Å². The zero-order valence-electron chi connectivity index (χ0n) is 17.3. The van der Waals surface area contributed by atoms with Crippen molar-refractivity contribution in [2.45, 2.75) is 43.6 Å². The second kappa shape index (κ2) is 13.2. The number of aliphatic hydroxyl groups is 1. The first kappa shape index (κ1) is 27.6. The van der Waals surface area contributed by atoms with E-state index in [9.17, 15) is 34.5 Å². The number of phenolic OH excluding ortho intramolecular Hbond substituents is 1. The van der Waals surface area contributed by atoms with E-state index < -0.39 is 54.0 Å². The number of hydrogen-bond acceptors (Lipinski definition) is 9. The van der Waals surface area contributed by atoms with Crippen molar-refractivity contribution in [3.63, 3.8) is 0 Å². The van der Waals surface area contributed by atoms with Crippen LogP contribution < -0.4 is 21.7 Å². The van der Waals surface area contributed by atoms with E-state index in [-0.39, 0.29) is 23.7 Å². The Morgan fingerprint density at radius 3 is 1.94 bits per heavy atom. The fraction of sp³-hybridized carbons (Fsp3) is 0.474. The fourth-order valence-electron chi connectivity index (χ4n) is 2.55. The molecule has 3 amide bonds. The molecule has 0 aromatic heterocycles. The summed E-state index contributed by atoms with van der Waals surface area (Å²) in [7, 11) is 0. The Labute approximate surface area is 196 Å². The number of carbonyl (C=O) groups is 4. The molecule has 0 spiro atoms. The van der Waals surface area contributed by atoms with Crippen LogP contribution in [-0.2, 0) is 25.6 Å². The van der Waals surface area contributed by atoms with Gasteiger partial charge in [-0.05, 0) is 24.6 Å². The number of thiol groups is 2. The summed E-state index contributed by atoms with van der Waals surface area (Å²) in [5.41, 5.74) is 6.14. The quantitative estimate of drug-likeness (QED) is 0.151. The highest BCUT2D eigenvalue weighted by Gasteiger charge is 2.31. The van der Waals surface area contributed by atoms with Crippen LogP contribution in [0.2, 0.25) is 0 Å². The molecule has 1 rings (SSSR count). The van der Waals surface area contributed by atoms with E-state index in [4.69, 9.17) is 5.73 Å². The number of carboxylic acids is 1. The predicted molar refractivity (Wildman–Crippen MR) is 123 cm³/mol. The van der Waals surface area contributed by atoms with Gasteiger partial charge in [0.1, 0.15) is 17.8 Å². The summed E-state index contributed by atoms with van der Waals surface area (Å²) in [6.45, 7) is 1.20. The second-order valence-corrected chi connectivity index (χ2v) is 7.76. The minimum atomic E-state index is -1.60. The minimum Gasteiger partial charge on any atom is -0.508 e. The van der Waals surface area contributed by atoms with E-state index in [1.807, 2.05) is 0 Å². The van der Waals surface area contributed by atoms with E-state index in [2.05, 4.69) is 41.2 Å². The van der Waals surface area contributed by atoms with E-state index in [0.717, 1.165) is 0 Å². The standard InChI is InChI=1S/C19H28N4O7S2/c1-9(24)15(19(29)30)23-17(27)13(6-10-2-4-11(25)5-3-10)21-18(28)14(8-32)22-16(26)12(20)7-31/h2-5,9,12-15,24-25,31-32H,6-8,20H2,1H3,(H,21,28)(H,22,26)(H,23,27)(H,29,30). The summed E-state index contributed by atoms with van der Waals surface area (Å²) in [6, 6.07) is 0.880. The monoisotopic (exact) mass is 488 g/mol. The third-order valence-corrected chi connectivity index (χ3v) is 5.16. The van der Waals surface area contributed by atoms with Crippen molar-refractivity contribution >= 4 is 48.9 Å².